The highest BCUT2D eigenvalue weighted by molar-refractivity contribution is 5.00. The van der Waals surface area contributed by atoms with E-state index in [0.717, 1.165) is 12.1 Å². The van der Waals surface area contributed by atoms with E-state index in [0.29, 0.717) is 17.5 Å². The summed E-state index contributed by atoms with van der Waals surface area (Å²) in [6, 6.07) is 2.51. The van der Waals surface area contributed by atoms with Crippen molar-refractivity contribution in [1.29, 1.82) is 0 Å². The molecule has 2 rings (SSSR count). The van der Waals surface area contributed by atoms with Gasteiger partial charge < -0.3 is 5.73 Å². The van der Waals surface area contributed by atoms with E-state index >= 15 is 0 Å². The summed E-state index contributed by atoms with van der Waals surface area (Å²) in [6.07, 6.45) is 7.98. The number of nitrogens with two attached hydrogens (primary N) is 1. The van der Waals surface area contributed by atoms with Gasteiger partial charge in [0.25, 0.3) is 0 Å². The summed E-state index contributed by atoms with van der Waals surface area (Å²) in [4.78, 5) is 2.77. The summed E-state index contributed by atoms with van der Waals surface area (Å²) in [5.74, 6) is 0. The maximum Gasteiger partial charge on any atom is 0.0258 e. The average Bonchev–Trinajstić information content (AvgIpc) is 2.64. The van der Waals surface area contributed by atoms with E-state index in [9.17, 15) is 0 Å². The van der Waals surface area contributed by atoms with Crippen LogP contribution in [0.15, 0.2) is 0 Å². The molecule has 2 fully saturated rings. The predicted octanol–water partition coefficient (Wildman–Crippen LogP) is 3.16. The van der Waals surface area contributed by atoms with Crippen LogP contribution >= 0.6 is 0 Å². The van der Waals surface area contributed by atoms with E-state index in [1.165, 1.54) is 38.5 Å². The lowest BCUT2D eigenvalue weighted by Gasteiger charge is -2.48. The summed E-state index contributed by atoms with van der Waals surface area (Å²) in [7, 11) is 0. The molecular formula is C15H30N2. The van der Waals surface area contributed by atoms with E-state index in [1.54, 1.807) is 0 Å². The van der Waals surface area contributed by atoms with Gasteiger partial charge in [0, 0.05) is 24.2 Å². The summed E-state index contributed by atoms with van der Waals surface area (Å²) >= 11 is 0. The van der Waals surface area contributed by atoms with Gasteiger partial charge >= 0.3 is 0 Å². The van der Waals surface area contributed by atoms with E-state index in [2.05, 4.69) is 32.6 Å². The molecule has 1 aliphatic carbocycles. The molecule has 0 radical (unpaired) electrons. The Bertz CT molecular complexity index is 262. The Balaban J connectivity index is 2.15. The van der Waals surface area contributed by atoms with Crippen LogP contribution in [-0.2, 0) is 0 Å². The topological polar surface area (TPSA) is 29.3 Å². The standard InChI is InChI=1S/C15H30N2/c1-5-12-9-8-11(2)17(12)13-7-6-10-15(3,4)14(13)16/h11-14H,5-10,16H2,1-4H3. The summed E-state index contributed by atoms with van der Waals surface area (Å²) in [5.41, 5.74) is 6.90. The van der Waals surface area contributed by atoms with Crippen molar-refractivity contribution in [2.75, 3.05) is 0 Å². The lowest BCUT2D eigenvalue weighted by atomic mass is 9.70. The third-order valence-corrected chi connectivity index (χ3v) is 5.34. The Morgan fingerprint density at radius 3 is 2.59 bits per heavy atom. The number of likely N-dealkylation sites (tertiary alicyclic amines) is 1. The quantitative estimate of drug-likeness (QED) is 0.800. The van der Waals surface area contributed by atoms with E-state index in [1.807, 2.05) is 0 Å². The van der Waals surface area contributed by atoms with Crippen molar-refractivity contribution in [1.82, 2.24) is 4.90 Å². The van der Waals surface area contributed by atoms with Crippen LogP contribution in [0.1, 0.15) is 66.2 Å². The molecule has 0 aromatic rings. The largest absolute Gasteiger partial charge is 0.326 e. The molecular weight excluding hydrogens is 208 g/mol. The van der Waals surface area contributed by atoms with Crippen LogP contribution in [0.5, 0.6) is 0 Å². The molecule has 1 saturated heterocycles. The van der Waals surface area contributed by atoms with E-state index < -0.39 is 0 Å². The first-order valence-corrected chi connectivity index (χ1v) is 7.50. The van der Waals surface area contributed by atoms with Gasteiger partial charge in [-0.05, 0) is 44.4 Å². The van der Waals surface area contributed by atoms with Gasteiger partial charge in [-0.2, -0.15) is 0 Å². The second-order valence-corrected chi connectivity index (χ2v) is 6.91. The predicted molar refractivity (Wildman–Crippen MR) is 74.0 cm³/mol. The van der Waals surface area contributed by atoms with Crippen LogP contribution < -0.4 is 5.73 Å². The van der Waals surface area contributed by atoms with Crippen molar-refractivity contribution in [3.05, 3.63) is 0 Å². The Hall–Kier alpha value is -0.0800. The van der Waals surface area contributed by atoms with Gasteiger partial charge in [0.05, 0.1) is 0 Å². The molecule has 100 valence electrons. The second kappa shape index (κ2) is 4.89. The van der Waals surface area contributed by atoms with Crippen LogP contribution in [0.4, 0.5) is 0 Å². The van der Waals surface area contributed by atoms with Gasteiger partial charge in [0.1, 0.15) is 0 Å². The Morgan fingerprint density at radius 2 is 1.94 bits per heavy atom. The molecule has 4 unspecified atom stereocenters. The fraction of sp³-hybridized carbons (Fsp3) is 1.00. The first-order chi connectivity index (χ1) is 7.97. The third kappa shape index (κ3) is 2.39. The van der Waals surface area contributed by atoms with Gasteiger partial charge in [-0.3, -0.25) is 4.90 Å². The van der Waals surface area contributed by atoms with Gasteiger partial charge in [0.2, 0.25) is 0 Å². The molecule has 0 aromatic heterocycles. The minimum atomic E-state index is 0.323. The summed E-state index contributed by atoms with van der Waals surface area (Å²) in [5, 5.41) is 0. The number of nitrogens with zero attached hydrogens (tertiary/aromatic N) is 1. The fourth-order valence-electron chi connectivity index (χ4n) is 4.07. The number of rotatable bonds is 2. The lowest BCUT2D eigenvalue weighted by Crippen LogP contribution is -2.59. The summed E-state index contributed by atoms with van der Waals surface area (Å²) < 4.78 is 0. The highest BCUT2D eigenvalue weighted by Crippen LogP contribution is 2.40. The molecule has 1 saturated carbocycles. The third-order valence-electron chi connectivity index (χ3n) is 5.34. The Labute approximate surface area is 107 Å². The van der Waals surface area contributed by atoms with Gasteiger partial charge in [-0.15, -0.1) is 0 Å². The Morgan fingerprint density at radius 1 is 1.24 bits per heavy atom. The monoisotopic (exact) mass is 238 g/mol. The molecule has 0 spiro atoms. The van der Waals surface area contributed by atoms with Crippen molar-refractivity contribution in [2.24, 2.45) is 11.1 Å². The van der Waals surface area contributed by atoms with Crippen molar-refractivity contribution in [3.8, 4) is 0 Å². The molecule has 0 bridgehead atoms. The van der Waals surface area contributed by atoms with Crippen LogP contribution in [-0.4, -0.2) is 29.1 Å². The zero-order valence-corrected chi connectivity index (χ0v) is 12.1. The molecule has 17 heavy (non-hydrogen) atoms. The van der Waals surface area contributed by atoms with Crippen molar-refractivity contribution < 1.29 is 0 Å². The normalized spacial score (nSPS) is 42.9. The van der Waals surface area contributed by atoms with E-state index in [-0.39, 0.29) is 0 Å². The van der Waals surface area contributed by atoms with Gasteiger partial charge in [0.15, 0.2) is 0 Å². The first kappa shape index (κ1) is 13.4. The summed E-state index contributed by atoms with van der Waals surface area (Å²) in [6.45, 7) is 9.43. The number of hydrogen-bond acceptors (Lipinski definition) is 2. The second-order valence-electron chi connectivity index (χ2n) is 6.91. The van der Waals surface area contributed by atoms with Crippen LogP contribution in [0.2, 0.25) is 0 Å². The Kier molecular flexibility index (Phi) is 3.84. The molecule has 2 N–H and O–H groups in total. The van der Waals surface area contributed by atoms with Crippen LogP contribution in [0, 0.1) is 5.41 Å². The molecule has 1 aliphatic heterocycles. The average molecular weight is 238 g/mol. The zero-order chi connectivity index (χ0) is 12.6. The zero-order valence-electron chi connectivity index (χ0n) is 12.1. The van der Waals surface area contributed by atoms with Crippen molar-refractivity contribution >= 4 is 0 Å². The van der Waals surface area contributed by atoms with Crippen molar-refractivity contribution in [2.45, 2.75) is 90.4 Å². The molecule has 2 aliphatic rings. The van der Waals surface area contributed by atoms with Crippen molar-refractivity contribution in [3.63, 3.8) is 0 Å². The minimum absolute atomic E-state index is 0.323. The molecule has 2 nitrogen and oxygen atoms in total. The maximum atomic E-state index is 6.57. The fourth-order valence-corrected chi connectivity index (χ4v) is 4.07. The number of hydrogen-bond donors (Lipinski definition) is 1. The highest BCUT2D eigenvalue weighted by Gasteiger charge is 2.44. The molecule has 1 heterocycles. The van der Waals surface area contributed by atoms with E-state index in [4.69, 9.17) is 5.73 Å². The van der Waals surface area contributed by atoms with Gasteiger partial charge in [-0.1, -0.05) is 27.2 Å². The molecule has 2 heteroatoms. The highest BCUT2D eigenvalue weighted by atomic mass is 15.2. The van der Waals surface area contributed by atoms with Crippen LogP contribution in [0.25, 0.3) is 0 Å². The first-order valence-electron chi connectivity index (χ1n) is 7.50. The SMILES string of the molecule is CCC1CCC(C)N1C1CCCC(C)(C)C1N. The van der Waals surface area contributed by atoms with Gasteiger partial charge in [-0.25, -0.2) is 0 Å². The maximum absolute atomic E-state index is 6.57. The minimum Gasteiger partial charge on any atom is -0.326 e. The molecule has 4 atom stereocenters. The lowest BCUT2D eigenvalue weighted by molar-refractivity contribution is 0.0378. The smallest absolute Gasteiger partial charge is 0.0258 e. The van der Waals surface area contributed by atoms with Crippen LogP contribution in [0.3, 0.4) is 0 Å². The molecule has 0 aromatic carbocycles. The molecule has 0 amide bonds.